The molecule has 0 aliphatic heterocycles. The zero-order chi connectivity index (χ0) is 25.1. The van der Waals surface area contributed by atoms with E-state index in [4.69, 9.17) is 11.0 Å². The van der Waals surface area contributed by atoms with Crippen molar-refractivity contribution in [2.24, 2.45) is 17.6 Å². The lowest BCUT2D eigenvalue weighted by molar-refractivity contribution is -0.153. The number of phenols is 1. The van der Waals surface area contributed by atoms with Gasteiger partial charge in [0.05, 0.1) is 17.7 Å². The van der Waals surface area contributed by atoms with Gasteiger partial charge in [-0.15, -0.1) is 0 Å². The van der Waals surface area contributed by atoms with Gasteiger partial charge < -0.3 is 26.2 Å². The first-order valence-corrected chi connectivity index (χ1v) is 10.5. The number of amides is 1. The molecule has 4 rings (SSSR count). The molecule has 10 heteroatoms. The van der Waals surface area contributed by atoms with Crippen LogP contribution in [0.4, 0.5) is 0 Å². The van der Waals surface area contributed by atoms with Gasteiger partial charge in [0.2, 0.25) is 5.78 Å². The van der Waals surface area contributed by atoms with Crippen molar-refractivity contribution < 1.29 is 34.8 Å². The van der Waals surface area contributed by atoms with Crippen molar-refractivity contribution in [1.82, 2.24) is 4.90 Å². The number of aromatic hydroxyl groups is 1. The first kappa shape index (κ1) is 23.2. The molecule has 0 unspecified atom stereocenters. The van der Waals surface area contributed by atoms with Gasteiger partial charge in [-0.1, -0.05) is 6.07 Å². The van der Waals surface area contributed by atoms with Crippen LogP contribution in [0, 0.1) is 23.2 Å². The number of aliphatic hydroxyl groups is 3. The molecular formula is C24H23N3O7. The Kier molecular flexibility index (Phi) is 5.35. The number of nitrogens with zero attached hydrogens (tertiary/aromatic N) is 2. The Morgan fingerprint density at radius 1 is 1.26 bits per heavy atom. The summed E-state index contributed by atoms with van der Waals surface area (Å²) in [6.45, 7) is 0. The van der Waals surface area contributed by atoms with Gasteiger partial charge in [0, 0.05) is 17.6 Å². The van der Waals surface area contributed by atoms with Gasteiger partial charge >= 0.3 is 0 Å². The summed E-state index contributed by atoms with van der Waals surface area (Å²) in [5.74, 6) is -6.96. The first-order chi connectivity index (χ1) is 16.0. The molecule has 1 saturated carbocycles. The largest absolute Gasteiger partial charge is 0.508 e. The van der Waals surface area contributed by atoms with Crippen LogP contribution in [0.1, 0.15) is 23.1 Å². The standard InChI is InChI=1S/C24H23N3O7/c1-27(2)18-13-9-11-8-12-10(4-3-7-25)5-6-14(28)16(12)19(29)15(11)21(31)24(13,34)22(32)17(20(18)30)23(26)33/h3-6,11,13,18,28-29,32,34H,8-9H2,1-2H3,(H2,26,33)/t11-,13-,18-,24-/m1/s1. The number of hydrogen-bond acceptors (Lipinski definition) is 9. The average Bonchev–Trinajstić information content (AvgIpc) is 2.75. The number of Topliss-reactive ketones (excluding diaryl/α,β-unsaturated/α-hetero) is 2. The Balaban J connectivity index is 1.98. The van der Waals surface area contributed by atoms with Crippen LogP contribution in [0.3, 0.4) is 0 Å². The molecule has 0 bridgehead atoms. The van der Waals surface area contributed by atoms with E-state index in [0.29, 0.717) is 11.1 Å². The van der Waals surface area contributed by atoms with Crippen LogP contribution in [0.2, 0.25) is 0 Å². The maximum Gasteiger partial charge on any atom is 0.255 e. The van der Waals surface area contributed by atoms with Gasteiger partial charge in [-0.05, 0) is 56.1 Å². The van der Waals surface area contributed by atoms with Crippen LogP contribution in [0.15, 0.2) is 35.1 Å². The van der Waals surface area contributed by atoms with E-state index in [1.807, 2.05) is 6.07 Å². The number of phenolic OH excluding ortho intramolecular Hbond substituents is 1. The average molecular weight is 465 g/mol. The minimum atomic E-state index is -2.67. The molecule has 0 heterocycles. The number of fused-ring (bicyclic) bond motifs is 3. The normalized spacial score (nSPS) is 28.6. The van der Waals surface area contributed by atoms with Crippen LogP contribution in [-0.2, 0) is 20.8 Å². The number of carbonyl (C=O) groups is 3. The van der Waals surface area contributed by atoms with Crippen LogP contribution in [0.25, 0.3) is 11.8 Å². The Morgan fingerprint density at radius 3 is 2.53 bits per heavy atom. The fraction of sp³-hybridized carbons (Fsp3) is 0.333. The number of ketones is 2. The highest BCUT2D eigenvalue weighted by molar-refractivity contribution is 6.24. The fourth-order valence-electron chi connectivity index (χ4n) is 5.55. The Bertz CT molecular complexity index is 1280. The summed E-state index contributed by atoms with van der Waals surface area (Å²) in [6.07, 6.45) is 2.92. The number of carbonyl (C=O) groups excluding carboxylic acids is 3. The SMILES string of the molecule is CN(C)[C@H]1C(=O)C(C(N)=O)=C(O)[C@]2(O)C(=O)C3=C(O)c4c(O)ccc(C=CC#N)c4C[C@@H]3C[C@H]12. The predicted octanol–water partition coefficient (Wildman–Crippen LogP) is 0.501. The molecule has 3 aliphatic carbocycles. The molecule has 0 aromatic heterocycles. The second-order valence-electron chi connectivity index (χ2n) is 8.95. The van der Waals surface area contributed by atoms with Gasteiger partial charge in [-0.2, -0.15) is 5.26 Å². The van der Waals surface area contributed by atoms with Crippen molar-refractivity contribution in [2.75, 3.05) is 14.1 Å². The van der Waals surface area contributed by atoms with Crippen molar-refractivity contribution in [3.05, 3.63) is 51.8 Å². The number of allylic oxidation sites excluding steroid dienone is 1. The monoisotopic (exact) mass is 465 g/mol. The molecule has 1 amide bonds. The highest BCUT2D eigenvalue weighted by Crippen LogP contribution is 2.52. The van der Waals surface area contributed by atoms with Crippen molar-refractivity contribution >= 4 is 29.3 Å². The molecular weight excluding hydrogens is 442 g/mol. The number of nitriles is 1. The van der Waals surface area contributed by atoms with Crippen molar-refractivity contribution in [3.63, 3.8) is 0 Å². The van der Waals surface area contributed by atoms with E-state index in [2.05, 4.69) is 0 Å². The third-order valence-corrected chi connectivity index (χ3v) is 6.98. The molecule has 6 N–H and O–H groups in total. The number of likely N-dealkylation sites (N-methyl/N-ethyl adjacent to an activating group) is 1. The lowest BCUT2D eigenvalue weighted by atomic mass is 9.57. The third-order valence-electron chi connectivity index (χ3n) is 6.98. The summed E-state index contributed by atoms with van der Waals surface area (Å²) in [5, 5.41) is 52.7. The van der Waals surface area contributed by atoms with E-state index < -0.39 is 58.0 Å². The maximum atomic E-state index is 13.7. The summed E-state index contributed by atoms with van der Waals surface area (Å²) in [7, 11) is 3.08. The van der Waals surface area contributed by atoms with E-state index in [-0.39, 0.29) is 29.7 Å². The minimum absolute atomic E-state index is 0.00280. The molecule has 34 heavy (non-hydrogen) atoms. The molecule has 1 aromatic carbocycles. The topological polar surface area (TPSA) is 185 Å². The van der Waals surface area contributed by atoms with E-state index in [1.54, 1.807) is 6.07 Å². The van der Waals surface area contributed by atoms with Crippen LogP contribution < -0.4 is 5.73 Å². The fourth-order valence-corrected chi connectivity index (χ4v) is 5.55. The number of aliphatic hydroxyl groups excluding tert-OH is 2. The van der Waals surface area contributed by atoms with Gasteiger partial charge in [-0.25, -0.2) is 0 Å². The number of primary amides is 1. The highest BCUT2D eigenvalue weighted by atomic mass is 16.3. The molecule has 0 spiro atoms. The summed E-state index contributed by atoms with van der Waals surface area (Å²) < 4.78 is 0. The number of rotatable bonds is 3. The Hall–Kier alpha value is -3.94. The quantitative estimate of drug-likeness (QED) is 0.313. The summed E-state index contributed by atoms with van der Waals surface area (Å²) in [4.78, 5) is 40.1. The molecule has 176 valence electrons. The van der Waals surface area contributed by atoms with E-state index in [1.165, 1.54) is 37.2 Å². The molecule has 10 nitrogen and oxygen atoms in total. The lowest BCUT2D eigenvalue weighted by Crippen LogP contribution is -2.65. The van der Waals surface area contributed by atoms with Crippen LogP contribution >= 0.6 is 0 Å². The first-order valence-electron chi connectivity index (χ1n) is 10.5. The molecule has 3 aliphatic rings. The molecule has 0 saturated heterocycles. The summed E-state index contributed by atoms with van der Waals surface area (Å²) >= 11 is 0. The maximum absolute atomic E-state index is 13.7. The van der Waals surface area contributed by atoms with E-state index >= 15 is 0 Å². The molecule has 1 fully saturated rings. The van der Waals surface area contributed by atoms with Gasteiger partial charge in [0.25, 0.3) is 5.91 Å². The number of nitrogens with two attached hydrogens (primary N) is 1. The predicted molar refractivity (Wildman–Crippen MR) is 119 cm³/mol. The second kappa shape index (κ2) is 7.83. The second-order valence-corrected chi connectivity index (χ2v) is 8.95. The smallest absolute Gasteiger partial charge is 0.255 e. The molecule has 4 atom stereocenters. The number of benzene rings is 1. The highest BCUT2D eigenvalue weighted by Gasteiger charge is 2.64. The molecule has 1 aromatic rings. The molecule has 0 radical (unpaired) electrons. The van der Waals surface area contributed by atoms with Gasteiger partial charge in [0.1, 0.15) is 22.8 Å². The van der Waals surface area contributed by atoms with Crippen LogP contribution in [-0.4, -0.2) is 68.5 Å². The zero-order valence-electron chi connectivity index (χ0n) is 18.4. The Morgan fingerprint density at radius 2 is 1.94 bits per heavy atom. The van der Waals surface area contributed by atoms with Crippen molar-refractivity contribution in [3.8, 4) is 11.8 Å². The minimum Gasteiger partial charge on any atom is -0.508 e. The van der Waals surface area contributed by atoms with Gasteiger partial charge in [-0.3, -0.25) is 19.3 Å². The summed E-state index contributed by atoms with van der Waals surface area (Å²) in [5.41, 5.74) is 2.58. The van der Waals surface area contributed by atoms with E-state index in [0.717, 1.165) is 0 Å². The van der Waals surface area contributed by atoms with E-state index in [9.17, 15) is 34.8 Å². The van der Waals surface area contributed by atoms with Gasteiger partial charge in [0.15, 0.2) is 11.4 Å². The number of hydrogen-bond donors (Lipinski definition) is 5. The summed E-state index contributed by atoms with van der Waals surface area (Å²) in [6, 6.07) is 3.62. The van der Waals surface area contributed by atoms with Crippen molar-refractivity contribution in [1.29, 1.82) is 5.26 Å². The van der Waals surface area contributed by atoms with Crippen molar-refractivity contribution in [2.45, 2.75) is 24.5 Å². The zero-order valence-corrected chi connectivity index (χ0v) is 18.4. The Labute approximate surface area is 194 Å². The lowest BCUT2D eigenvalue weighted by Gasteiger charge is -2.50. The van der Waals surface area contributed by atoms with Crippen LogP contribution in [0.5, 0.6) is 5.75 Å². The third kappa shape index (κ3) is 2.98.